The van der Waals surface area contributed by atoms with Crippen molar-refractivity contribution in [3.8, 4) is 0 Å². The molecule has 0 radical (unpaired) electrons. The first-order valence-corrected chi connectivity index (χ1v) is 5.27. The number of carbonyl (C=O) groups excluding carboxylic acids is 1. The Bertz CT molecular complexity index is 388. The predicted molar refractivity (Wildman–Crippen MR) is 62.5 cm³/mol. The molecule has 16 heavy (non-hydrogen) atoms. The number of aromatic nitrogens is 1. The van der Waals surface area contributed by atoms with E-state index in [1.54, 1.807) is 27.0 Å². The van der Waals surface area contributed by atoms with Gasteiger partial charge >= 0.3 is 0 Å². The number of pyridine rings is 1. The SMILES string of the molecule is CN(CC(C)(C)O)C(=O)c1cc(Cl)ccn1. The molecule has 1 N–H and O–H groups in total. The third kappa shape index (κ3) is 3.79. The first kappa shape index (κ1) is 12.9. The molecular weight excluding hydrogens is 228 g/mol. The van der Waals surface area contributed by atoms with Gasteiger partial charge in [0.1, 0.15) is 5.69 Å². The number of nitrogens with zero attached hydrogens (tertiary/aromatic N) is 2. The molecule has 1 heterocycles. The smallest absolute Gasteiger partial charge is 0.272 e. The van der Waals surface area contributed by atoms with E-state index >= 15 is 0 Å². The second kappa shape index (κ2) is 4.80. The van der Waals surface area contributed by atoms with Crippen molar-refractivity contribution in [2.75, 3.05) is 13.6 Å². The first-order valence-electron chi connectivity index (χ1n) is 4.89. The summed E-state index contributed by atoms with van der Waals surface area (Å²) in [5.41, 5.74) is -0.651. The molecule has 0 aromatic carbocycles. The number of aliphatic hydroxyl groups is 1. The van der Waals surface area contributed by atoms with Gasteiger partial charge in [0, 0.05) is 24.8 Å². The fraction of sp³-hybridized carbons (Fsp3) is 0.455. The number of amides is 1. The minimum Gasteiger partial charge on any atom is -0.389 e. The molecule has 0 fully saturated rings. The Labute approximate surface area is 99.9 Å². The summed E-state index contributed by atoms with van der Waals surface area (Å²) in [6, 6.07) is 3.11. The standard InChI is InChI=1S/C11H15ClN2O2/c1-11(2,16)7-14(3)10(15)9-6-8(12)4-5-13-9/h4-6,16H,7H2,1-3H3. The van der Waals surface area contributed by atoms with E-state index in [2.05, 4.69) is 4.98 Å². The van der Waals surface area contributed by atoms with Crippen molar-refractivity contribution in [1.82, 2.24) is 9.88 Å². The Morgan fingerprint density at radius 1 is 1.62 bits per heavy atom. The van der Waals surface area contributed by atoms with Crippen molar-refractivity contribution in [2.24, 2.45) is 0 Å². The third-order valence-corrected chi connectivity index (χ3v) is 2.15. The lowest BCUT2D eigenvalue weighted by Crippen LogP contribution is -2.39. The second-order valence-electron chi connectivity index (χ2n) is 4.33. The molecule has 1 aromatic rings. The topological polar surface area (TPSA) is 53.4 Å². The van der Waals surface area contributed by atoms with Gasteiger partial charge in [-0.2, -0.15) is 0 Å². The summed E-state index contributed by atoms with van der Waals surface area (Å²) < 4.78 is 0. The monoisotopic (exact) mass is 242 g/mol. The Balaban J connectivity index is 2.78. The molecule has 1 rings (SSSR count). The van der Waals surface area contributed by atoms with Crippen LogP contribution in [0.25, 0.3) is 0 Å². The Hall–Kier alpha value is -1.13. The highest BCUT2D eigenvalue weighted by Gasteiger charge is 2.21. The van der Waals surface area contributed by atoms with Gasteiger partial charge in [0.05, 0.1) is 5.60 Å². The van der Waals surface area contributed by atoms with Gasteiger partial charge in [0.25, 0.3) is 5.91 Å². The quantitative estimate of drug-likeness (QED) is 0.876. The van der Waals surface area contributed by atoms with Gasteiger partial charge in [0.15, 0.2) is 0 Å². The maximum Gasteiger partial charge on any atom is 0.272 e. The fourth-order valence-corrected chi connectivity index (χ4v) is 1.53. The normalized spacial score (nSPS) is 11.3. The molecule has 0 saturated carbocycles. The molecule has 0 spiro atoms. The van der Waals surface area contributed by atoms with E-state index in [1.807, 2.05) is 0 Å². The van der Waals surface area contributed by atoms with Crippen LogP contribution in [0.3, 0.4) is 0 Å². The van der Waals surface area contributed by atoms with Crippen molar-refractivity contribution >= 4 is 17.5 Å². The van der Waals surface area contributed by atoms with Gasteiger partial charge in [-0.25, -0.2) is 0 Å². The zero-order chi connectivity index (χ0) is 12.3. The van der Waals surface area contributed by atoms with Crippen molar-refractivity contribution in [2.45, 2.75) is 19.4 Å². The van der Waals surface area contributed by atoms with Gasteiger partial charge in [-0.05, 0) is 26.0 Å². The van der Waals surface area contributed by atoms with E-state index in [0.717, 1.165) is 0 Å². The highest BCUT2D eigenvalue weighted by molar-refractivity contribution is 6.30. The van der Waals surface area contributed by atoms with Crippen molar-refractivity contribution in [3.63, 3.8) is 0 Å². The maximum atomic E-state index is 11.9. The third-order valence-electron chi connectivity index (χ3n) is 1.91. The summed E-state index contributed by atoms with van der Waals surface area (Å²) in [5, 5.41) is 10.1. The van der Waals surface area contributed by atoms with Gasteiger partial charge in [0.2, 0.25) is 0 Å². The number of hydrogen-bond donors (Lipinski definition) is 1. The molecule has 1 amide bonds. The summed E-state index contributed by atoms with van der Waals surface area (Å²) in [6.07, 6.45) is 1.48. The molecule has 1 aromatic heterocycles. The van der Waals surface area contributed by atoms with E-state index in [9.17, 15) is 9.90 Å². The number of rotatable bonds is 3. The van der Waals surface area contributed by atoms with Crippen molar-refractivity contribution in [3.05, 3.63) is 29.0 Å². The molecular formula is C11H15ClN2O2. The zero-order valence-corrected chi connectivity index (χ0v) is 10.3. The number of carbonyl (C=O) groups is 1. The van der Waals surface area contributed by atoms with Crippen LogP contribution in [-0.4, -0.2) is 40.1 Å². The van der Waals surface area contributed by atoms with Crippen LogP contribution in [0.15, 0.2) is 18.3 Å². The molecule has 88 valence electrons. The molecule has 0 aliphatic rings. The fourth-order valence-electron chi connectivity index (χ4n) is 1.37. The molecule has 0 bridgehead atoms. The van der Waals surface area contributed by atoms with Gasteiger partial charge < -0.3 is 10.0 Å². The second-order valence-corrected chi connectivity index (χ2v) is 4.77. The molecule has 4 nitrogen and oxygen atoms in total. The van der Waals surface area contributed by atoms with Crippen LogP contribution < -0.4 is 0 Å². The Kier molecular flexibility index (Phi) is 3.88. The van der Waals surface area contributed by atoms with Gasteiger partial charge in [-0.15, -0.1) is 0 Å². The Morgan fingerprint density at radius 3 is 2.75 bits per heavy atom. The van der Waals surface area contributed by atoms with Gasteiger partial charge in [-0.3, -0.25) is 9.78 Å². The van der Waals surface area contributed by atoms with E-state index in [1.165, 1.54) is 17.2 Å². The van der Waals surface area contributed by atoms with Crippen LogP contribution in [0, 0.1) is 0 Å². The van der Waals surface area contributed by atoms with Crippen LogP contribution in [0.2, 0.25) is 5.02 Å². The number of hydrogen-bond acceptors (Lipinski definition) is 3. The average molecular weight is 243 g/mol. The lowest BCUT2D eigenvalue weighted by Gasteiger charge is -2.25. The minimum absolute atomic E-state index is 0.236. The number of halogens is 1. The summed E-state index contributed by atoms with van der Waals surface area (Å²) in [5.74, 6) is -0.260. The average Bonchev–Trinajstić information content (AvgIpc) is 2.14. The lowest BCUT2D eigenvalue weighted by molar-refractivity contribution is 0.0365. The van der Waals surface area contributed by atoms with Crippen molar-refractivity contribution in [1.29, 1.82) is 0 Å². The zero-order valence-electron chi connectivity index (χ0n) is 9.57. The summed E-state index contributed by atoms with van der Waals surface area (Å²) in [6.45, 7) is 3.52. The van der Waals surface area contributed by atoms with Crippen LogP contribution in [0.4, 0.5) is 0 Å². The number of likely N-dealkylation sites (N-methyl/N-ethyl adjacent to an activating group) is 1. The van der Waals surface area contributed by atoms with Crippen LogP contribution >= 0.6 is 11.6 Å². The van der Waals surface area contributed by atoms with Crippen LogP contribution in [0.1, 0.15) is 24.3 Å². The molecule has 5 heteroatoms. The van der Waals surface area contributed by atoms with E-state index in [0.29, 0.717) is 5.02 Å². The summed E-state index contributed by atoms with van der Waals surface area (Å²) in [7, 11) is 1.61. The van der Waals surface area contributed by atoms with E-state index in [4.69, 9.17) is 11.6 Å². The minimum atomic E-state index is -0.928. The largest absolute Gasteiger partial charge is 0.389 e. The maximum absolute atomic E-state index is 11.9. The molecule has 0 saturated heterocycles. The molecule has 0 unspecified atom stereocenters. The Morgan fingerprint density at radius 2 is 2.25 bits per heavy atom. The summed E-state index contributed by atoms with van der Waals surface area (Å²) >= 11 is 5.77. The lowest BCUT2D eigenvalue weighted by atomic mass is 10.1. The first-order chi connectivity index (χ1) is 7.29. The predicted octanol–water partition coefficient (Wildman–Crippen LogP) is 1.58. The van der Waals surface area contributed by atoms with Gasteiger partial charge in [-0.1, -0.05) is 11.6 Å². The highest BCUT2D eigenvalue weighted by Crippen LogP contribution is 2.11. The van der Waals surface area contributed by atoms with Crippen LogP contribution in [-0.2, 0) is 0 Å². The molecule has 0 aliphatic carbocycles. The van der Waals surface area contributed by atoms with E-state index < -0.39 is 5.60 Å². The molecule has 0 atom stereocenters. The highest BCUT2D eigenvalue weighted by atomic mass is 35.5. The van der Waals surface area contributed by atoms with Crippen LogP contribution in [0.5, 0.6) is 0 Å². The molecule has 0 aliphatic heterocycles. The summed E-state index contributed by atoms with van der Waals surface area (Å²) in [4.78, 5) is 17.2. The van der Waals surface area contributed by atoms with Crippen molar-refractivity contribution < 1.29 is 9.90 Å². The van der Waals surface area contributed by atoms with E-state index in [-0.39, 0.29) is 18.1 Å².